The molecular formula is C24H21N5O3S. The number of rotatable bonds is 8. The lowest BCUT2D eigenvalue weighted by Gasteiger charge is -2.09. The SMILES string of the molecule is O=C(COC(=O)Cc1csc(-c2ccccn2)n1)Nc1cc(C2CC2)nn1-c1ccccc1. The first kappa shape index (κ1) is 21.0. The monoisotopic (exact) mass is 459 g/mol. The molecule has 1 fully saturated rings. The van der Waals surface area contributed by atoms with E-state index < -0.39 is 11.9 Å². The Bertz CT molecular complexity index is 1270. The van der Waals surface area contributed by atoms with E-state index in [1.165, 1.54) is 11.3 Å². The average Bonchev–Trinajstić information content (AvgIpc) is 3.45. The first-order valence-electron chi connectivity index (χ1n) is 10.6. The maximum absolute atomic E-state index is 12.5. The number of thiazole rings is 1. The molecule has 1 aromatic carbocycles. The maximum atomic E-state index is 12.5. The lowest BCUT2D eigenvalue weighted by molar-refractivity contribution is -0.146. The van der Waals surface area contributed by atoms with Crippen LogP contribution in [0.25, 0.3) is 16.4 Å². The zero-order chi connectivity index (χ0) is 22.6. The lowest BCUT2D eigenvalue weighted by Crippen LogP contribution is -2.23. The summed E-state index contributed by atoms with van der Waals surface area (Å²) in [6, 6.07) is 17.1. The Balaban J connectivity index is 1.18. The van der Waals surface area contributed by atoms with Crippen molar-refractivity contribution >= 4 is 29.0 Å². The zero-order valence-corrected chi connectivity index (χ0v) is 18.5. The van der Waals surface area contributed by atoms with E-state index in [1.807, 2.05) is 54.6 Å². The van der Waals surface area contributed by atoms with Crippen LogP contribution < -0.4 is 5.32 Å². The molecule has 8 nitrogen and oxygen atoms in total. The van der Waals surface area contributed by atoms with E-state index in [9.17, 15) is 9.59 Å². The Morgan fingerprint density at radius 3 is 2.70 bits per heavy atom. The van der Waals surface area contributed by atoms with Crippen LogP contribution in [0.2, 0.25) is 0 Å². The highest BCUT2D eigenvalue weighted by atomic mass is 32.1. The van der Waals surface area contributed by atoms with Gasteiger partial charge in [0.25, 0.3) is 5.91 Å². The number of hydrogen-bond donors (Lipinski definition) is 1. The number of nitrogens with zero attached hydrogens (tertiary/aromatic N) is 4. The zero-order valence-electron chi connectivity index (χ0n) is 17.7. The summed E-state index contributed by atoms with van der Waals surface area (Å²) in [7, 11) is 0. The highest BCUT2D eigenvalue weighted by molar-refractivity contribution is 7.13. The van der Waals surface area contributed by atoms with Crippen LogP contribution in [-0.4, -0.2) is 38.2 Å². The van der Waals surface area contributed by atoms with Gasteiger partial charge in [-0.1, -0.05) is 24.3 Å². The third-order valence-corrected chi connectivity index (χ3v) is 6.03. The molecule has 1 saturated carbocycles. The Morgan fingerprint density at radius 2 is 1.94 bits per heavy atom. The topological polar surface area (TPSA) is 99.0 Å². The number of aromatic nitrogens is 4. The Morgan fingerprint density at radius 1 is 1.12 bits per heavy atom. The molecule has 5 rings (SSSR count). The van der Waals surface area contributed by atoms with Crippen molar-refractivity contribution in [3.8, 4) is 16.4 Å². The average molecular weight is 460 g/mol. The summed E-state index contributed by atoms with van der Waals surface area (Å²) < 4.78 is 6.89. The molecule has 0 unspecified atom stereocenters. The van der Waals surface area contributed by atoms with E-state index in [0.717, 1.165) is 34.9 Å². The van der Waals surface area contributed by atoms with E-state index in [0.29, 0.717) is 17.4 Å². The standard InChI is InChI=1S/C24H21N5O3S/c30-22(14-32-23(31)12-17-15-33-24(26-17)19-8-4-5-11-25-19)27-21-13-20(16-9-10-16)28-29(21)18-6-2-1-3-7-18/h1-8,11,13,15-16H,9-10,12,14H2,(H,27,30). The molecule has 1 aliphatic carbocycles. The van der Waals surface area contributed by atoms with E-state index in [1.54, 1.807) is 16.3 Å². The molecule has 0 saturated heterocycles. The largest absolute Gasteiger partial charge is 0.455 e. The summed E-state index contributed by atoms with van der Waals surface area (Å²) >= 11 is 1.41. The van der Waals surface area contributed by atoms with Gasteiger partial charge >= 0.3 is 5.97 Å². The summed E-state index contributed by atoms with van der Waals surface area (Å²) in [4.78, 5) is 33.4. The van der Waals surface area contributed by atoms with Gasteiger partial charge in [-0.3, -0.25) is 14.6 Å². The quantitative estimate of drug-likeness (QED) is 0.400. The smallest absolute Gasteiger partial charge is 0.312 e. The van der Waals surface area contributed by atoms with Gasteiger partial charge in [0.15, 0.2) is 6.61 Å². The molecule has 4 aromatic rings. The van der Waals surface area contributed by atoms with Gasteiger partial charge in [0.05, 0.1) is 29.2 Å². The molecule has 0 bridgehead atoms. The number of carbonyl (C=O) groups is 2. The van der Waals surface area contributed by atoms with Crippen molar-refractivity contribution < 1.29 is 14.3 Å². The van der Waals surface area contributed by atoms with Crippen LogP contribution in [0.5, 0.6) is 0 Å². The number of carbonyl (C=O) groups excluding carboxylic acids is 2. The van der Waals surface area contributed by atoms with Crippen LogP contribution in [0.15, 0.2) is 66.2 Å². The van der Waals surface area contributed by atoms with Crippen molar-refractivity contribution in [1.29, 1.82) is 0 Å². The van der Waals surface area contributed by atoms with Crippen molar-refractivity contribution in [1.82, 2.24) is 19.7 Å². The second kappa shape index (κ2) is 9.33. The number of benzene rings is 1. The van der Waals surface area contributed by atoms with Crippen LogP contribution in [-0.2, 0) is 20.7 Å². The molecule has 3 heterocycles. The van der Waals surface area contributed by atoms with E-state index in [2.05, 4.69) is 20.4 Å². The van der Waals surface area contributed by atoms with Gasteiger partial charge in [0.1, 0.15) is 10.8 Å². The van der Waals surface area contributed by atoms with Crippen molar-refractivity contribution in [2.45, 2.75) is 25.2 Å². The van der Waals surface area contributed by atoms with Gasteiger partial charge in [0, 0.05) is 23.6 Å². The van der Waals surface area contributed by atoms with Crippen molar-refractivity contribution in [3.05, 3.63) is 77.6 Å². The van der Waals surface area contributed by atoms with Gasteiger partial charge in [-0.25, -0.2) is 9.67 Å². The van der Waals surface area contributed by atoms with E-state index >= 15 is 0 Å². The first-order valence-corrected chi connectivity index (χ1v) is 11.5. The fourth-order valence-electron chi connectivity index (χ4n) is 3.35. The highest BCUT2D eigenvalue weighted by Gasteiger charge is 2.28. The number of ether oxygens (including phenoxy) is 1. The van der Waals surface area contributed by atoms with Gasteiger partial charge in [-0.05, 0) is 37.1 Å². The van der Waals surface area contributed by atoms with Crippen LogP contribution in [0, 0.1) is 0 Å². The second-order valence-electron chi connectivity index (χ2n) is 7.72. The molecule has 33 heavy (non-hydrogen) atoms. The molecule has 1 amide bonds. The van der Waals surface area contributed by atoms with Crippen molar-refractivity contribution in [2.24, 2.45) is 0 Å². The Hall–Kier alpha value is -3.85. The third kappa shape index (κ3) is 5.15. The fourth-order valence-corrected chi connectivity index (χ4v) is 4.15. The normalized spacial score (nSPS) is 13.0. The van der Waals surface area contributed by atoms with Gasteiger partial charge in [-0.15, -0.1) is 11.3 Å². The summed E-state index contributed by atoms with van der Waals surface area (Å²) in [5.41, 5.74) is 3.15. The Kier molecular flexibility index (Phi) is 5.95. The first-order chi connectivity index (χ1) is 16.2. The van der Waals surface area contributed by atoms with Crippen molar-refractivity contribution in [2.75, 3.05) is 11.9 Å². The molecule has 9 heteroatoms. The molecule has 166 valence electrons. The summed E-state index contributed by atoms with van der Waals surface area (Å²) in [6.45, 7) is -0.380. The van der Waals surface area contributed by atoms with Crippen molar-refractivity contribution in [3.63, 3.8) is 0 Å². The van der Waals surface area contributed by atoms with Crippen LogP contribution in [0.3, 0.4) is 0 Å². The molecule has 0 aliphatic heterocycles. The van der Waals surface area contributed by atoms with Crippen LogP contribution in [0.4, 0.5) is 5.82 Å². The predicted molar refractivity (Wildman–Crippen MR) is 124 cm³/mol. The minimum Gasteiger partial charge on any atom is -0.455 e. The second-order valence-corrected chi connectivity index (χ2v) is 8.58. The summed E-state index contributed by atoms with van der Waals surface area (Å²) in [5.74, 6) is 0.0645. The lowest BCUT2D eigenvalue weighted by atomic mass is 10.3. The summed E-state index contributed by atoms with van der Waals surface area (Å²) in [5, 5.41) is 10.0. The van der Waals surface area contributed by atoms with Gasteiger partial charge in [-0.2, -0.15) is 5.10 Å². The predicted octanol–water partition coefficient (Wildman–Crippen LogP) is 3.99. The molecule has 0 radical (unpaired) electrons. The number of pyridine rings is 1. The van der Waals surface area contributed by atoms with Gasteiger partial charge < -0.3 is 10.1 Å². The van der Waals surface area contributed by atoms with E-state index in [4.69, 9.17) is 4.74 Å². The fraction of sp³-hybridized carbons (Fsp3) is 0.208. The number of nitrogens with one attached hydrogen (secondary N) is 1. The van der Waals surface area contributed by atoms with E-state index in [-0.39, 0.29) is 13.0 Å². The summed E-state index contributed by atoms with van der Waals surface area (Å²) in [6.07, 6.45) is 3.90. The number of amides is 1. The third-order valence-electron chi connectivity index (χ3n) is 5.12. The highest BCUT2D eigenvalue weighted by Crippen LogP contribution is 2.40. The molecular weight excluding hydrogens is 438 g/mol. The molecule has 3 aromatic heterocycles. The molecule has 1 aliphatic rings. The number of para-hydroxylation sites is 1. The maximum Gasteiger partial charge on any atom is 0.312 e. The molecule has 1 N–H and O–H groups in total. The van der Waals surface area contributed by atoms with Gasteiger partial charge in [0.2, 0.25) is 0 Å². The van der Waals surface area contributed by atoms with Crippen LogP contribution in [0.1, 0.15) is 30.1 Å². The minimum absolute atomic E-state index is 0.00953. The minimum atomic E-state index is -0.516. The van der Waals surface area contributed by atoms with Crippen LogP contribution >= 0.6 is 11.3 Å². The number of esters is 1. The molecule has 0 atom stereocenters. The Labute approximate surface area is 194 Å². The number of anilines is 1. The number of hydrogen-bond acceptors (Lipinski definition) is 7. The molecule has 0 spiro atoms.